The molecule has 1 aromatic carbocycles. The molecule has 0 atom stereocenters. The summed E-state index contributed by atoms with van der Waals surface area (Å²) in [5.74, 6) is 0.352. The van der Waals surface area contributed by atoms with E-state index in [9.17, 15) is 13.2 Å². The van der Waals surface area contributed by atoms with Gasteiger partial charge in [-0.1, -0.05) is 36.4 Å². The lowest BCUT2D eigenvalue weighted by molar-refractivity contribution is -0.115. The Morgan fingerprint density at radius 2 is 1.85 bits per heavy atom. The molecule has 0 unspecified atom stereocenters. The van der Waals surface area contributed by atoms with Gasteiger partial charge in [0, 0.05) is 29.7 Å². The number of aryl methyl sites for hydroxylation is 1. The van der Waals surface area contributed by atoms with Gasteiger partial charge in [0.1, 0.15) is 21.4 Å². The molecule has 1 N–H and O–H groups in total. The summed E-state index contributed by atoms with van der Waals surface area (Å²) >= 11 is 1.13. The van der Waals surface area contributed by atoms with Crippen molar-refractivity contribution in [3.8, 4) is 11.3 Å². The molecular weight excluding hydrogens is 472 g/mol. The van der Waals surface area contributed by atoms with E-state index in [1.54, 1.807) is 12.1 Å². The number of fused-ring (bicyclic) bond motifs is 1. The fourth-order valence-electron chi connectivity index (χ4n) is 3.91. The predicted octanol–water partition coefficient (Wildman–Crippen LogP) is 3.57. The van der Waals surface area contributed by atoms with Crippen molar-refractivity contribution < 1.29 is 17.9 Å². The predicted molar refractivity (Wildman–Crippen MR) is 132 cm³/mol. The summed E-state index contributed by atoms with van der Waals surface area (Å²) < 4.78 is 34.6. The maximum atomic E-state index is 13.0. The Morgan fingerprint density at radius 3 is 2.62 bits per heavy atom. The number of pyridine rings is 1. The first-order valence-corrected chi connectivity index (χ1v) is 13.2. The first kappa shape index (κ1) is 22.7. The molecule has 3 aromatic heterocycles. The number of aromatic nitrogens is 2. The summed E-state index contributed by atoms with van der Waals surface area (Å²) in [6.07, 6.45) is 2.00. The zero-order chi connectivity index (χ0) is 23.7. The number of rotatable bonds is 6. The lowest BCUT2D eigenvalue weighted by atomic mass is 10.1. The van der Waals surface area contributed by atoms with Crippen molar-refractivity contribution >= 4 is 38.7 Å². The van der Waals surface area contributed by atoms with Crippen molar-refractivity contribution in [1.82, 2.24) is 13.7 Å². The number of thiophene rings is 1. The second-order valence-corrected chi connectivity index (χ2v) is 11.4. The van der Waals surface area contributed by atoms with Crippen LogP contribution < -0.4 is 5.32 Å². The summed E-state index contributed by atoms with van der Waals surface area (Å²) in [6, 6.07) is 16.9. The SMILES string of the molecule is Cc1ccc2nc(-c3ccccc3)c(NC(=O)Cc3ccc(S(=O)(=O)N4CCOCC4)s3)n2c1. The molecule has 0 aliphatic carbocycles. The van der Waals surface area contributed by atoms with E-state index >= 15 is 0 Å². The lowest BCUT2D eigenvalue weighted by Crippen LogP contribution is -2.40. The third-order valence-corrected chi connectivity index (χ3v) is 9.06. The summed E-state index contributed by atoms with van der Waals surface area (Å²) in [5.41, 5.74) is 3.35. The van der Waals surface area contributed by atoms with Gasteiger partial charge in [-0.25, -0.2) is 13.4 Å². The topological polar surface area (TPSA) is 93.0 Å². The maximum Gasteiger partial charge on any atom is 0.252 e. The van der Waals surface area contributed by atoms with Crippen LogP contribution in [-0.4, -0.2) is 54.3 Å². The molecular formula is C24H24N4O4S2. The van der Waals surface area contributed by atoms with Crippen LogP contribution in [0.2, 0.25) is 0 Å². The molecule has 0 spiro atoms. The summed E-state index contributed by atoms with van der Waals surface area (Å²) in [4.78, 5) is 18.4. The zero-order valence-corrected chi connectivity index (χ0v) is 20.2. The second kappa shape index (κ2) is 9.30. The third kappa shape index (κ3) is 4.49. The number of hydrogen-bond donors (Lipinski definition) is 1. The van der Waals surface area contributed by atoms with Crippen LogP contribution in [0.3, 0.4) is 0 Å². The van der Waals surface area contributed by atoms with Crippen LogP contribution in [-0.2, 0) is 26.0 Å². The molecule has 5 rings (SSSR count). The Hall–Kier alpha value is -3.05. The molecule has 1 aliphatic heterocycles. The standard InChI is InChI=1S/C24H24N4O4S2/c1-17-7-9-20-25-23(18-5-3-2-4-6-18)24(28(20)16-17)26-21(29)15-19-8-10-22(33-19)34(30,31)27-11-13-32-14-12-27/h2-10,16H,11-15H2,1H3,(H,26,29). The van der Waals surface area contributed by atoms with Gasteiger partial charge in [0.15, 0.2) is 0 Å². The summed E-state index contributed by atoms with van der Waals surface area (Å²) in [5, 5.41) is 3.01. The molecule has 8 nitrogen and oxygen atoms in total. The molecule has 10 heteroatoms. The van der Waals surface area contributed by atoms with Crippen LogP contribution in [0.25, 0.3) is 16.9 Å². The number of benzene rings is 1. The molecule has 0 bridgehead atoms. The third-order valence-electron chi connectivity index (χ3n) is 5.61. The molecule has 0 saturated carbocycles. The number of carbonyl (C=O) groups excluding carboxylic acids is 1. The number of carbonyl (C=O) groups is 1. The van der Waals surface area contributed by atoms with E-state index in [1.807, 2.05) is 60.0 Å². The summed E-state index contributed by atoms with van der Waals surface area (Å²) in [7, 11) is -3.58. The number of nitrogens with zero attached hydrogens (tertiary/aromatic N) is 3. The number of hydrogen-bond acceptors (Lipinski definition) is 6. The highest BCUT2D eigenvalue weighted by molar-refractivity contribution is 7.91. The van der Waals surface area contributed by atoms with Crippen LogP contribution in [0.15, 0.2) is 65.0 Å². The van der Waals surface area contributed by atoms with E-state index in [4.69, 9.17) is 9.72 Å². The minimum Gasteiger partial charge on any atom is -0.379 e. The van der Waals surface area contributed by atoms with E-state index < -0.39 is 10.0 Å². The van der Waals surface area contributed by atoms with Crippen LogP contribution in [0.4, 0.5) is 5.82 Å². The van der Waals surface area contributed by atoms with Crippen molar-refractivity contribution in [2.24, 2.45) is 0 Å². The highest BCUT2D eigenvalue weighted by Gasteiger charge is 2.28. The highest BCUT2D eigenvalue weighted by atomic mass is 32.2. The van der Waals surface area contributed by atoms with Crippen LogP contribution in [0.5, 0.6) is 0 Å². The van der Waals surface area contributed by atoms with Gasteiger partial charge in [0.05, 0.1) is 19.6 Å². The van der Waals surface area contributed by atoms with Crippen LogP contribution >= 0.6 is 11.3 Å². The van der Waals surface area contributed by atoms with Crippen molar-refractivity contribution in [2.75, 3.05) is 31.6 Å². The van der Waals surface area contributed by atoms with Gasteiger partial charge in [0.2, 0.25) is 5.91 Å². The molecule has 176 valence electrons. The van der Waals surface area contributed by atoms with Gasteiger partial charge in [-0.2, -0.15) is 4.31 Å². The maximum absolute atomic E-state index is 13.0. The molecule has 1 saturated heterocycles. The first-order valence-electron chi connectivity index (χ1n) is 10.9. The fourth-order valence-corrected chi connectivity index (χ4v) is 6.82. The van der Waals surface area contributed by atoms with Crippen LogP contribution in [0.1, 0.15) is 10.4 Å². The zero-order valence-electron chi connectivity index (χ0n) is 18.6. The molecule has 1 fully saturated rings. The number of ether oxygens (including phenoxy) is 1. The van der Waals surface area contributed by atoms with E-state index in [0.717, 1.165) is 28.1 Å². The number of sulfonamides is 1. The average molecular weight is 497 g/mol. The number of nitrogens with one attached hydrogen (secondary N) is 1. The quantitative estimate of drug-likeness (QED) is 0.441. The van der Waals surface area contributed by atoms with E-state index in [2.05, 4.69) is 5.32 Å². The molecule has 1 aliphatic rings. The molecule has 1 amide bonds. The molecule has 4 aromatic rings. The molecule has 34 heavy (non-hydrogen) atoms. The van der Waals surface area contributed by atoms with Gasteiger partial charge in [-0.3, -0.25) is 9.20 Å². The Morgan fingerprint density at radius 1 is 1.09 bits per heavy atom. The largest absolute Gasteiger partial charge is 0.379 e. The average Bonchev–Trinajstić information content (AvgIpc) is 3.45. The number of anilines is 1. The monoisotopic (exact) mass is 496 g/mol. The fraction of sp³-hybridized carbons (Fsp3) is 0.250. The van der Waals surface area contributed by atoms with Gasteiger partial charge in [0.25, 0.3) is 10.0 Å². The minimum absolute atomic E-state index is 0.0660. The van der Waals surface area contributed by atoms with Gasteiger partial charge >= 0.3 is 0 Å². The smallest absolute Gasteiger partial charge is 0.252 e. The van der Waals surface area contributed by atoms with Crippen molar-refractivity contribution in [2.45, 2.75) is 17.6 Å². The van der Waals surface area contributed by atoms with E-state index in [0.29, 0.717) is 42.7 Å². The van der Waals surface area contributed by atoms with Crippen molar-refractivity contribution in [3.63, 3.8) is 0 Å². The number of amides is 1. The Balaban J connectivity index is 1.39. The van der Waals surface area contributed by atoms with Crippen LogP contribution in [0, 0.1) is 6.92 Å². The number of imidazole rings is 1. The number of morpholine rings is 1. The molecule has 4 heterocycles. The summed E-state index contributed by atoms with van der Waals surface area (Å²) in [6.45, 7) is 3.44. The minimum atomic E-state index is -3.58. The van der Waals surface area contributed by atoms with E-state index in [1.165, 1.54) is 4.31 Å². The normalized spacial score (nSPS) is 15.0. The Labute approximate surface area is 201 Å². The van der Waals surface area contributed by atoms with Gasteiger partial charge < -0.3 is 10.1 Å². The first-order chi connectivity index (χ1) is 16.4. The van der Waals surface area contributed by atoms with Crippen molar-refractivity contribution in [3.05, 3.63) is 71.2 Å². The Bertz CT molecular complexity index is 1440. The molecule has 0 radical (unpaired) electrons. The van der Waals surface area contributed by atoms with Gasteiger partial charge in [-0.15, -0.1) is 11.3 Å². The van der Waals surface area contributed by atoms with Crippen molar-refractivity contribution in [1.29, 1.82) is 0 Å². The second-order valence-electron chi connectivity index (χ2n) is 8.07. The van der Waals surface area contributed by atoms with E-state index in [-0.39, 0.29) is 16.5 Å². The lowest BCUT2D eigenvalue weighted by Gasteiger charge is -2.25. The van der Waals surface area contributed by atoms with Gasteiger partial charge in [-0.05, 0) is 30.7 Å². The highest BCUT2D eigenvalue weighted by Crippen LogP contribution is 2.30. The Kier molecular flexibility index (Phi) is 6.22.